The third-order valence-electron chi connectivity index (χ3n) is 3.63. The summed E-state index contributed by atoms with van der Waals surface area (Å²) < 4.78 is 12.2. The molecule has 7 heteroatoms. The fraction of sp³-hybridized carbons (Fsp3) is 0.0588. The van der Waals surface area contributed by atoms with Crippen LogP contribution in [0.2, 0.25) is 0 Å². The molecular formula is C17H13N5O2. The molecule has 24 heavy (non-hydrogen) atoms. The van der Waals surface area contributed by atoms with Gasteiger partial charge in [-0.3, -0.25) is 0 Å². The lowest BCUT2D eigenvalue weighted by molar-refractivity contribution is 0.414. The molecular weight excluding hydrogens is 306 g/mol. The smallest absolute Gasteiger partial charge is 0.192 e. The Labute approximate surface area is 137 Å². The predicted octanol–water partition coefficient (Wildman–Crippen LogP) is 2.99. The van der Waals surface area contributed by atoms with E-state index in [0.717, 1.165) is 22.6 Å². The molecule has 0 bridgehead atoms. The molecule has 0 radical (unpaired) electrons. The number of ether oxygens (including phenoxy) is 1. The van der Waals surface area contributed by atoms with Crippen LogP contribution >= 0.6 is 0 Å². The first kappa shape index (κ1) is 14.1. The topological polar surface area (TPSA) is 78.9 Å². The molecule has 2 aromatic heterocycles. The van der Waals surface area contributed by atoms with Crippen LogP contribution < -0.4 is 4.74 Å². The molecule has 0 saturated heterocycles. The number of nitrogens with zero attached hydrogens (tertiary/aromatic N) is 5. The molecule has 2 aromatic carbocycles. The Bertz CT molecular complexity index is 945. The van der Waals surface area contributed by atoms with Crippen molar-refractivity contribution in [2.45, 2.75) is 0 Å². The van der Waals surface area contributed by atoms with E-state index in [0.29, 0.717) is 11.6 Å². The van der Waals surface area contributed by atoms with Crippen molar-refractivity contribution in [1.82, 2.24) is 25.4 Å². The van der Waals surface area contributed by atoms with Gasteiger partial charge < -0.3 is 9.26 Å². The van der Waals surface area contributed by atoms with Gasteiger partial charge in [0.2, 0.25) is 0 Å². The molecule has 4 aromatic rings. The molecule has 0 amide bonds. The lowest BCUT2D eigenvalue weighted by Gasteiger charge is -2.05. The highest BCUT2D eigenvalue weighted by molar-refractivity contribution is 5.75. The predicted molar refractivity (Wildman–Crippen MR) is 86.6 cm³/mol. The SMILES string of the molecule is COc1ccc(-n2nnnc2-c2cnoc2-c2ccccc2)cc1. The van der Waals surface area contributed by atoms with Gasteiger partial charge in [0.05, 0.1) is 24.6 Å². The molecule has 0 aliphatic carbocycles. The van der Waals surface area contributed by atoms with Gasteiger partial charge in [-0.1, -0.05) is 35.5 Å². The van der Waals surface area contributed by atoms with Gasteiger partial charge in [0.25, 0.3) is 0 Å². The molecule has 0 saturated carbocycles. The summed E-state index contributed by atoms with van der Waals surface area (Å²) in [5.74, 6) is 1.95. The maximum absolute atomic E-state index is 5.42. The molecule has 0 aliphatic rings. The van der Waals surface area contributed by atoms with Gasteiger partial charge in [0.15, 0.2) is 11.6 Å². The molecule has 4 rings (SSSR count). The van der Waals surface area contributed by atoms with Crippen LogP contribution in [-0.2, 0) is 0 Å². The average molecular weight is 319 g/mol. The zero-order valence-corrected chi connectivity index (χ0v) is 12.8. The first-order valence-electron chi connectivity index (χ1n) is 7.30. The number of tetrazole rings is 1. The molecule has 7 nitrogen and oxygen atoms in total. The Balaban J connectivity index is 1.80. The maximum Gasteiger partial charge on any atom is 0.192 e. The average Bonchev–Trinajstić information content (AvgIpc) is 3.31. The van der Waals surface area contributed by atoms with Crippen LogP contribution in [0.3, 0.4) is 0 Å². The van der Waals surface area contributed by atoms with Gasteiger partial charge in [0.1, 0.15) is 5.75 Å². The molecule has 0 N–H and O–H groups in total. The first-order chi connectivity index (χ1) is 11.9. The first-order valence-corrected chi connectivity index (χ1v) is 7.30. The van der Waals surface area contributed by atoms with Crippen molar-refractivity contribution in [3.63, 3.8) is 0 Å². The molecule has 0 aliphatic heterocycles. The quantitative estimate of drug-likeness (QED) is 0.575. The monoisotopic (exact) mass is 319 g/mol. The second kappa shape index (κ2) is 5.96. The Morgan fingerprint density at radius 3 is 2.54 bits per heavy atom. The van der Waals surface area contributed by atoms with Crippen molar-refractivity contribution in [3.05, 3.63) is 60.8 Å². The largest absolute Gasteiger partial charge is 0.497 e. The minimum Gasteiger partial charge on any atom is -0.497 e. The lowest BCUT2D eigenvalue weighted by Crippen LogP contribution is -2.00. The van der Waals surface area contributed by atoms with Gasteiger partial charge in [-0.2, -0.15) is 4.68 Å². The summed E-state index contributed by atoms with van der Waals surface area (Å²) in [7, 11) is 1.63. The van der Waals surface area contributed by atoms with Crippen LogP contribution in [0.15, 0.2) is 65.3 Å². The van der Waals surface area contributed by atoms with E-state index in [1.165, 1.54) is 0 Å². The number of hydrogen-bond acceptors (Lipinski definition) is 6. The highest BCUT2D eigenvalue weighted by Crippen LogP contribution is 2.31. The summed E-state index contributed by atoms with van der Waals surface area (Å²) in [5, 5.41) is 15.9. The minimum atomic E-state index is 0.556. The summed E-state index contributed by atoms with van der Waals surface area (Å²) in [6.45, 7) is 0. The number of aromatic nitrogens is 5. The molecule has 0 unspecified atom stereocenters. The van der Waals surface area contributed by atoms with Crippen molar-refractivity contribution in [3.8, 4) is 34.1 Å². The van der Waals surface area contributed by atoms with E-state index in [-0.39, 0.29) is 0 Å². The van der Waals surface area contributed by atoms with E-state index in [2.05, 4.69) is 20.7 Å². The van der Waals surface area contributed by atoms with Crippen LogP contribution in [0.5, 0.6) is 5.75 Å². The van der Waals surface area contributed by atoms with Gasteiger partial charge in [-0.25, -0.2) is 0 Å². The van der Waals surface area contributed by atoms with Crippen LogP contribution in [0.25, 0.3) is 28.4 Å². The van der Waals surface area contributed by atoms with Gasteiger partial charge >= 0.3 is 0 Å². The summed E-state index contributed by atoms with van der Waals surface area (Å²) in [6.07, 6.45) is 1.62. The van der Waals surface area contributed by atoms with Gasteiger partial charge in [-0.05, 0) is 34.7 Å². The van der Waals surface area contributed by atoms with Crippen LogP contribution in [0.1, 0.15) is 0 Å². The van der Waals surface area contributed by atoms with Crippen molar-refractivity contribution in [1.29, 1.82) is 0 Å². The highest BCUT2D eigenvalue weighted by atomic mass is 16.5. The molecule has 0 atom stereocenters. The zero-order chi connectivity index (χ0) is 16.4. The van der Waals surface area contributed by atoms with Crippen molar-refractivity contribution in [2.24, 2.45) is 0 Å². The lowest BCUT2D eigenvalue weighted by atomic mass is 10.1. The summed E-state index contributed by atoms with van der Waals surface area (Å²) in [5.41, 5.74) is 2.45. The number of methoxy groups -OCH3 is 1. The van der Waals surface area contributed by atoms with Gasteiger partial charge in [0, 0.05) is 5.56 Å². The second-order valence-electron chi connectivity index (χ2n) is 5.05. The van der Waals surface area contributed by atoms with Crippen molar-refractivity contribution < 1.29 is 9.26 Å². The molecule has 2 heterocycles. The van der Waals surface area contributed by atoms with Crippen LogP contribution in [0, 0.1) is 0 Å². The molecule has 118 valence electrons. The highest BCUT2D eigenvalue weighted by Gasteiger charge is 2.19. The van der Waals surface area contributed by atoms with Crippen molar-refractivity contribution in [2.75, 3.05) is 7.11 Å². The Morgan fingerprint density at radius 2 is 1.79 bits per heavy atom. The van der Waals surface area contributed by atoms with Gasteiger partial charge in [-0.15, -0.1) is 5.10 Å². The van der Waals surface area contributed by atoms with E-state index < -0.39 is 0 Å². The van der Waals surface area contributed by atoms with E-state index in [4.69, 9.17) is 9.26 Å². The minimum absolute atomic E-state index is 0.556. The normalized spacial score (nSPS) is 10.7. The van der Waals surface area contributed by atoms with E-state index >= 15 is 0 Å². The standard InChI is InChI=1S/C17H13N5O2/c1-23-14-9-7-13(8-10-14)22-17(19-20-21-22)15-11-18-24-16(15)12-5-3-2-4-6-12/h2-11H,1H3. The number of hydrogen-bond donors (Lipinski definition) is 0. The fourth-order valence-electron chi connectivity index (χ4n) is 2.45. The zero-order valence-electron chi connectivity index (χ0n) is 12.8. The Kier molecular flexibility index (Phi) is 3.51. The van der Waals surface area contributed by atoms with E-state index in [9.17, 15) is 0 Å². The third kappa shape index (κ3) is 2.41. The van der Waals surface area contributed by atoms with Crippen LogP contribution in [-0.4, -0.2) is 32.5 Å². The van der Waals surface area contributed by atoms with Crippen molar-refractivity contribution >= 4 is 0 Å². The molecule has 0 fully saturated rings. The maximum atomic E-state index is 5.42. The van der Waals surface area contributed by atoms with Crippen LogP contribution in [0.4, 0.5) is 0 Å². The van der Waals surface area contributed by atoms with E-state index in [1.807, 2.05) is 54.6 Å². The summed E-state index contributed by atoms with van der Waals surface area (Å²) in [6, 6.07) is 17.2. The fourth-order valence-corrected chi connectivity index (χ4v) is 2.45. The number of benzene rings is 2. The molecule has 0 spiro atoms. The second-order valence-corrected chi connectivity index (χ2v) is 5.05. The summed E-state index contributed by atoms with van der Waals surface area (Å²) >= 11 is 0. The Hall–Kier alpha value is -3.48. The Morgan fingerprint density at radius 1 is 1.00 bits per heavy atom. The number of rotatable bonds is 4. The third-order valence-corrected chi connectivity index (χ3v) is 3.63. The van der Waals surface area contributed by atoms with E-state index in [1.54, 1.807) is 18.0 Å². The summed E-state index contributed by atoms with van der Waals surface area (Å²) in [4.78, 5) is 0.